The maximum atomic E-state index is 13.3. The Kier molecular flexibility index (Phi) is 5.49. The number of amides is 1. The van der Waals surface area contributed by atoms with Crippen LogP contribution in [0.5, 0.6) is 23.0 Å². The molecule has 0 spiro atoms. The lowest BCUT2D eigenvalue weighted by Gasteiger charge is -2.37. The Morgan fingerprint density at radius 3 is 2.69 bits per heavy atom. The van der Waals surface area contributed by atoms with E-state index in [1.165, 1.54) is 5.56 Å². The second-order valence-electron chi connectivity index (χ2n) is 7.55. The monoisotopic (exact) mass is 449 g/mol. The summed E-state index contributed by atoms with van der Waals surface area (Å²) in [7, 11) is 3.27. The molecule has 32 heavy (non-hydrogen) atoms. The Morgan fingerprint density at radius 1 is 1.09 bits per heavy atom. The molecule has 2 aliphatic heterocycles. The van der Waals surface area contributed by atoms with Crippen LogP contribution in [0.15, 0.2) is 53.9 Å². The molecule has 0 aliphatic carbocycles. The SMILES string of the molecule is COc1cc2c(cc1OC)C(c1cccs1)N(C(=O)C=Cc1ccc3c(c1)OCO3)CC2. The minimum atomic E-state index is -0.174. The Bertz CT molecular complexity index is 1170. The van der Waals surface area contributed by atoms with Gasteiger partial charge in [0.05, 0.1) is 20.3 Å². The number of nitrogens with zero attached hydrogens (tertiary/aromatic N) is 1. The molecule has 3 aromatic rings. The number of hydrogen-bond donors (Lipinski definition) is 0. The number of methoxy groups -OCH3 is 2. The fourth-order valence-corrected chi connectivity index (χ4v) is 5.07. The largest absolute Gasteiger partial charge is 0.493 e. The van der Waals surface area contributed by atoms with E-state index < -0.39 is 0 Å². The van der Waals surface area contributed by atoms with E-state index in [-0.39, 0.29) is 18.7 Å². The molecule has 0 N–H and O–H groups in total. The van der Waals surface area contributed by atoms with Crippen molar-refractivity contribution in [1.82, 2.24) is 4.90 Å². The van der Waals surface area contributed by atoms with Crippen molar-refractivity contribution >= 4 is 23.3 Å². The summed E-state index contributed by atoms with van der Waals surface area (Å²) in [5.74, 6) is 2.76. The van der Waals surface area contributed by atoms with Gasteiger partial charge in [-0.15, -0.1) is 11.3 Å². The lowest BCUT2D eigenvalue weighted by atomic mass is 9.90. The zero-order valence-corrected chi connectivity index (χ0v) is 18.7. The van der Waals surface area contributed by atoms with Gasteiger partial charge in [0.25, 0.3) is 0 Å². The molecule has 0 saturated carbocycles. The zero-order chi connectivity index (χ0) is 22.1. The van der Waals surface area contributed by atoms with Gasteiger partial charge in [0.15, 0.2) is 23.0 Å². The molecule has 1 unspecified atom stereocenters. The van der Waals surface area contributed by atoms with E-state index in [9.17, 15) is 4.79 Å². The standard InChI is InChI=1S/C25H23NO5S/c1-28-20-13-17-9-10-26(25(23-4-3-11-32-23)18(17)14-21(20)29-2)24(27)8-6-16-5-7-19-22(12-16)31-15-30-19/h3-8,11-14,25H,9-10,15H2,1-2H3. The van der Waals surface area contributed by atoms with Crippen LogP contribution in [0.2, 0.25) is 0 Å². The van der Waals surface area contributed by atoms with Crippen LogP contribution in [-0.2, 0) is 11.2 Å². The summed E-state index contributed by atoms with van der Waals surface area (Å²) in [6.07, 6.45) is 4.20. The topological polar surface area (TPSA) is 57.2 Å². The van der Waals surface area contributed by atoms with Crippen LogP contribution in [0.1, 0.15) is 27.6 Å². The van der Waals surface area contributed by atoms with Gasteiger partial charge in [-0.25, -0.2) is 0 Å². The molecule has 1 amide bonds. The Hall–Kier alpha value is -3.45. The van der Waals surface area contributed by atoms with Crippen molar-refractivity contribution in [2.24, 2.45) is 0 Å². The summed E-state index contributed by atoms with van der Waals surface area (Å²) in [5.41, 5.74) is 3.13. The fraction of sp³-hybridized carbons (Fsp3) is 0.240. The van der Waals surface area contributed by atoms with E-state index in [1.807, 2.05) is 52.8 Å². The van der Waals surface area contributed by atoms with Gasteiger partial charge in [0.2, 0.25) is 12.7 Å². The van der Waals surface area contributed by atoms with Crippen molar-refractivity contribution in [3.63, 3.8) is 0 Å². The van der Waals surface area contributed by atoms with Crippen molar-refractivity contribution in [2.75, 3.05) is 27.6 Å². The summed E-state index contributed by atoms with van der Waals surface area (Å²) in [6, 6.07) is 13.6. The number of rotatable bonds is 5. The molecule has 164 valence electrons. The predicted molar refractivity (Wildman–Crippen MR) is 123 cm³/mol. The highest BCUT2D eigenvalue weighted by Gasteiger charge is 2.33. The van der Waals surface area contributed by atoms with E-state index in [1.54, 1.807) is 31.6 Å². The molecule has 7 heteroatoms. The molecule has 0 saturated heterocycles. The number of ether oxygens (including phenoxy) is 4. The molecule has 2 aliphatic rings. The van der Waals surface area contributed by atoms with Gasteiger partial charge in [0, 0.05) is 17.5 Å². The van der Waals surface area contributed by atoms with Gasteiger partial charge < -0.3 is 23.8 Å². The zero-order valence-electron chi connectivity index (χ0n) is 17.9. The van der Waals surface area contributed by atoms with Crippen molar-refractivity contribution in [1.29, 1.82) is 0 Å². The van der Waals surface area contributed by atoms with Crippen molar-refractivity contribution in [3.8, 4) is 23.0 Å². The molecule has 5 rings (SSSR count). The van der Waals surface area contributed by atoms with E-state index >= 15 is 0 Å². The van der Waals surface area contributed by atoms with E-state index in [0.29, 0.717) is 23.8 Å². The Morgan fingerprint density at radius 2 is 1.91 bits per heavy atom. The number of hydrogen-bond acceptors (Lipinski definition) is 6. The average molecular weight is 450 g/mol. The maximum Gasteiger partial charge on any atom is 0.247 e. The first-order chi connectivity index (χ1) is 15.7. The summed E-state index contributed by atoms with van der Waals surface area (Å²) in [5, 5.41) is 2.04. The molecule has 0 bridgehead atoms. The summed E-state index contributed by atoms with van der Waals surface area (Å²) in [6.45, 7) is 0.848. The third-order valence-electron chi connectivity index (χ3n) is 5.78. The number of thiophene rings is 1. The van der Waals surface area contributed by atoms with Crippen LogP contribution in [-0.4, -0.2) is 38.4 Å². The van der Waals surface area contributed by atoms with Crippen molar-refractivity contribution in [2.45, 2.75) is 12.5 Å². The van der Waals surface area contributed by atoms with Gasteiger partial charge in [-0.05, 0) is 64.9 Å². The number of fused-ring (bicyclic) bond motifs is 2. The van der Waals surface area contributed by atoms with Gasteiger partial charge in [0.1, 0.15) is 0 Å². The molecular formula is C25H23NO5S. The van der Waals surface area contributed by atoms with Crippen LogP contribution >= 0.6 is 11.3 Å². The number of carbonyl (C=O) groups is 1. The minimum Gasteiger partial charge on any atom is -0.493 e. The molecule has 0 fully saturated rings. The predicted octanol–water partition coefficient (Wildman–Crippen LogP) is 4.68. The van der Waals surface area contributed by atoms with Crippen LogP contribution in [0.4, 0.5) is 0 Å². The first-order valence-electron chi connectivity index (χ1n) is 10.3. The highest BCUT2D eigenvalue weighted by molar-refractivity contribution is 7.10. The molecule has 1 atom stereocenters. The summed E-state index contributed by atoms with van der Waals surface area (Å²) >= 11 is 1.65. The van der Waals surface area contributed by atoms with E-state index in [2.05, 4.69) is 6.07 Å². The number of carbonyl (C=O) groups excluding carboxylic acids is 1. The van der Waals surface area contributed by atoms with Crippen LogP contribution in [0, 0.1) is 0 Å². The molecule has 3 heterocycles. The first kappa shape index (κ1) is 20.5. The minimum absolute atomic E-state index is 0.0403. The quantitative estimate of drug-likeness (QED) is 0.530. The van der Waals surface area contributed by atoms with Gasteiger partial charge in [-0.2, -0.15) is 0 Å². The lowest BCUT2D eigenvalue weighted by Crippen LogP contribution is -2.39. The summed E-state index contributed by atoms with van der Waals surface area (Å²) in [4.78, 5) is 16.4. The number of benzene rings is 2. The molecular weight excluding hydrogens is 426 g/mol. The average Bonchev–Trinajstić information content (AvgIpc) is 3.52. The van der Waals surface area contributed by atoms with Gasteiger partial charge in [-0.3, -0.25) is 4.79 Å². The maximum absolute atomic E-state index is 13.3. The molecule has 1 aromatic heterocycles. The second kappa shape index (κ2) is 8.59. The third kappa shape index (κ3) is 3.69. The Balaban J connectivity index is 1.47. The van der Waals surface area contributed by atoms with Gasteiger partial charge >= 0.3 is 0 Å². The van der Waals surface area contributed by atoms with Crippen molar-refractivity contribution in [3.05, 3.63) is 75.5 Å². The second-order valence-corrected chi connectivity index (χ2v) is 8.53. The fourth-order valence-electron chi connectivity index (χ4n) is 4.22. The molecule has 2 aromatic carbocycles. The molecule has 0 radical (unpaired) electrons. The van der Waals surface area contributed by atoms with Crippen LogP contribution in [0.3, 0.4) is 0 Å². The van der Waals surface area contributed by atoms with Crippen LogP contribution < -0.4 is 18.9 Å². The highest BCUT2D eigenvalue weighted by atomic mass is 32.1. The Labute approximate surface area is 190 Å². The highest BCUT2D eigenvalue weighted by Crippen LogP contribution is 2.42. The van der Waals surface area contributed by atoms with Gasteiger partial charge in [-0.1, -0.05) is 12.1 Å². The normalized spacial score (nSPS) is 16.8. The third-order valence-corrected chi connectivity index (χ3v) is 6.71. The van der Waals surface area contributed by atoms with E-state index in [0.717, 1.165) is 28.2 Å². The van der Waals surface area contributed by atoms with Crippen molar-refractivity contribution < 1.29 is 23.7 Å². The smallest absolute Gasteiger partial charge is 0.247 e. The summed E-state index contributed by atoms with van der Waals surface area (Å²) < 4.78 is 21.8. The first-order valence-corrected chi connectivity index (χ1v) is 11.2. The molecule has 6 nitrogen and oxygen atoms in total. The van der Waals surface area contributed by atoms with E-state index in [4.69, 9.17) is 18.9 Å². The van der Waals surface area contributed by atoms with Crippen LogP contribution in [0.25, 0.3) is 6.08 Å². The lowest BCUT2D eigenvalue weighted by molar-refractivity contribution is -0.127.